The van der Waals surface area contributed by atoms with Gasteiger partial charge < -0.3 is 4.90 Å². The number of nitrogens with zero attached hydrogens (tertiary/aromatic N) is 2. The molecule has 0 atom stereocenters. The van der Waals surface area contributed by atoms with Gasteiger partial charge in [-0.2, -0.15) is 4.31 Å². The van der Waals surface area contributed by atoms with Crippen molar-refractivity contribution in [2.75, 3.05) is 38.5 Å². The van der Waals surface area contributed by atoms with Crippen molar-refractivity contribution in [3.8, 4) is 0 Å². The zero-order valence-electron chi connectivity index (χ0n) is 19.9. The lowest BCUT2D eigenvalue weighted by atomic mass is 10.1. The molecule has 0 spiro atoms. The van der Waals surface area contributed by atoms with Crippen LogP contribution in [0.25, 0.3) is 0 Å². The Hall–Kier alpha value is -0.910. The largest absolute Gasteiger partial charge is 0.300 e. The number of benzene rings is 1. The lowest BCUT2D eigenvalue weighted by molar-refractivity contribution is 0.190. The Kier molecular flexibility index (Phi) is 13.4. The van der Waals surface area contributed by atoms with Crippen LogP contribution in [0.5, 0.6) is 0 Å². The molecule has 0 aliphatic carbocycles. The smallest absolute Gasteiger partial charge is 0.214 e. The predicted molar refractivity (Wildman–Crippen MR) is 133 cm³/mol. The molecule has 1 aromatic rings. The molecule has 0 saturated carbocycles. The van der Waals surface area contributed by atoms with Crippen molar-refractivity contribution in [3.05, 3.63) is 35.9 Å². The summed E-state index contributed by atoms with van der Waals surface area (Å²) in [5.41, 5.74) is 1.35. The van der Waals surface area contributed by atoms with E-state index in [1.807, 2.05) is 6.07 Å². The molecule has 178 valence electrons. The Morgan fingerprint density at radius 3 is 1.77 bits per heavy atom. The molecule has 1 aliphatic heterocycles. The molecule has 0 unspecified atom stereocenters. The highest BCUT2D eigenvalue weighted by atomic mass is 32.2. The van der Waals surface area contributed by atoms with Crippen molar-refractivity contribution < 1.29 is 8.42 Å². The molecule has 1 fully saturated rings. The second kappa shape index (κ2) is 15.8. The highest BCUT2D eigenvalue weighted by molar-refractivity contribution is 7.89. The SMILES string of the molecule is CCCCCCCCCCCCCCS(=O)(=O)N1CCN(CCc2ccccc2)CC1. The number of piperazine rings is 1. The molecule has 0 amide bonds. The van der Waals surface area contributed by atoms with Crippen molar-refractivity contribution in [3.63, 3.8) is 0 Å². The Labute approximate surface area is 192 Å². The van der Waals surface area contributed by atoms with Crippen LogP contribution >= 0.6 is 0 Å². The average Bonchev–Trinajstić information content (AvgIpc) is 2.79. The molecule has 0 radical (unpaired) electrons. The van der Waals surface area contributed by atoms with Crippen LogP contribution in [0.3, 0.4) is 0 Å². The monoisotopic (exact) mass is 450 g/mol. The fourth-order valence-electron chi connectivity index (χ4n) is 4.42. The van der Waals surface area contributed by atoms with Gasteiger partial charge >= 0.3 is 0 Å². The third-order valence-corrected chi connectivity index (χ3v) is 8.50. The van der Waals surface area contributed by atoms with E-state index < -0.39 is 10.0 Å². The number of rotatable bonds is 17. The van der Waals surface area contributed by atoms with Gasteiger partial charge in [0.1, 0.15) is 0 Å². The summed E-state index contributed by atoms with van der Waals surface area (Å²) >= 11 is 0. The van der Waals surface area contributed by atoms with E-state index in [9.17, 15) is 8.42 Å². The van der Waals surface area contributed by atoms with Crippen molar-refractivity contribution in [1.29, 1.82) is 0 Å². The van der Waals surface area contributed by atoms with Gasteiger partial charge in [0.2, 0.25) is 10.0 Å². The van der Waals surface area contributed by atoms with Gasteiger partial charge in [0.05, 0.1) is 5.75 Å². The summed E-state index contributed by atoms with van der Waals surface area (Å²) in [6.45, 7) is 6.27. The molecule has 4 nitrogen and oxygen atoms in total. The van der Waals surface area contributed by atoms with Crippen molar-refractivity contribution in [2.45, 2.75) is 90.4 Å². The second-order valence-corrected chi connectivity index (χ2v) is 11.3. The van der Waals surface area contributed by atoms with Crippen LogP contribution in [0.4, 0.5) is 0 Å². The Balaban J connectivity index is 1.47. The molecule has 0 N–H and O–H groups in total. The van der Waals surface area contributed by atoms with Gasteiger partial charge in [-0.1, -0.05) is 108 Å². The maximum Gasteiger partial charge on any atom is 0.214 e. The predicted octanol–water partition coefficient (Wildman–Crippen LogP) is 5.88. The van der Waals surface area contributed by atoms with E-state index in [0.29, 0.717) is 18.8 Å². The van der Waals surface area contributed by atoms with Crippen molar-refractivity contribution >= 4 is 10.0 Å². The summed E-state index contributed by atoms with van der Waals surface area (Å²) in [7, 11) is -3.08. The average molecular weight is 451 g/mol. The molecular formula is C26H46N2O2S. The molecule has 0 aromatic heterocycles. The highest BCUT2D eigenvalue weighted by Gasteiger charge is 2.26. The van der Waals surface area contributed by atoms with Crippen molar-refractivity contribution in [1.82, 2.24) is 9.21 Å². The molecule has 31 heavy (non-hydrogen) atoms. The fourth-order valence-corrected chi connectivity index (χ4v) is 5.96. The zero-order valence-corrected chi connectivity index (χ0v) is 20.8. The highest BCUT2D eigenvalue weighted by Crippen LogP contribution is 2.14. The third kappa shape index (κ3) is 11.5. The number of hydrogen-bond donors (Lipinski definition) is 0. The van der Waals surface area contributed by atoms with Crippen LogP contribution in [0, 0.1) is 0 Å². The summed E-state index contributed by atoms with van der Waals surface area (Å²) in [6, 6.07) is 10.5. The van der Waals surface area contributed by atoms with Crippen LogP contribution in [0.1, 0.15) is 89.5 Å². The Morgan fingerprint density at radius 2 is 1.23 bits per heavy atom. The number of unbranched alkanes of at least 4 members (excludes halogenated alkanes) is 11. The standard InChI is InChI=1S/C26H46N2O2S/c1-2-3-4-5-6-7-8-9-10-11-12-16-25-31(29,30)28-23-21-27(22-24-28)20-19-26-17-14-13-15-18-26/h13-15,17-18H,2-12,16,19-25H2,1H3. The first-order valence-corrected chi connectivity index (χ1v) is 14.5. The van der Waals surface area contributed by atoms with Gasteiger partial charge in [-0.05, 0) is 18.4 Å². The Morgan fingerprint density at radius 1 is 0.710 bits per heavy atom. The normalized spacial score (nSPS) is 16.0. The summed E-state index contributed by atoms with van der Waals surface area (Å²) in [5.74, 6) is 0.328. The summed E-state index contributed by atoms with van der Waals surface area (Å²) in [4.78, 5) is 2.39. The van der Waals surface area contributed by atoms with Gasteiger partial charge in [-0.3, -0.25) is 0 Å². The van der Waals surface area contributed by atoms with Gasteiger partial charge in [0.15, 0.2) is 0 Å². The van der Waals surface area contributed by atoms with E-state index in [0.717, 1.165) is 38.9 Å². The first-order valence-electron chi connectivity index (χ1n) is 12.9. The summed E-state index contributed by atoms with van der Waals surface area (Å²) in [5, 5.41) is 0. The molecule has 5 heteroatoms. The first kappa shape index (κ1) is 26.3. The fraction of sp³-hybridized carbons (Fsp3) is 0.769. The van der Waals surface area contributed by atoms with E-state index in [2.05, 4.69) is 36.1 Å². The van der Waals surface area contributed by atoms with Gasteiger partial charge in [-0.15, -0.1) is 0 Å². The van der Waals surface area contributed by atoms with E-state index >= 15 is 0 Å². The van der Waals surface area contributed by atoms with Crippen LogP contribution in [-0.2, 0) is 16.4 Å². The van der Waals surface area contributed by atoms with E-state index in [1.165, 1.54) is 69.8 Å². The van der Waals surface area contributed by atoms with Crippen LogP contribution in [0.2, 0.25) is 0 Å². The molecule has 1 saturated heterocycles. The molecule has 1 heterocycles. The zero-order chi connectivity index (χ0) is 22.2. The molecule has 0 bridgehead atoms. The molecule has 2 rings (SSSR count). The number of sulfonamides is 1. The van der Waals surface area contributed by atoms with E-state index in [-0.39, 0.29) is 0 Å². The van der Waals surface area contributed by atoms with Gasteiger partial charge in [0.25, 0.3) is 0 Å². The maximum atomic E-state index is 12.7. The van der Waals surface area contributed by atoms with Crippen LogP contribution in [-0.4, -0.2) is 56.1 Å². The number of hydrogen-bond acceptors (Lipinski definition) is 3. The minimum absolute atomic E-state index is 0.328. The van der Waals surface area contributed by atoms with Crippen LogP contribution < -0.4 is 0 Å². The summed E-state index contributed by atoms with van der Waals surface area (Å²) < 4.78 is 27.0. The minimum atomic E-state index is -3.08. The van der Waals surface area contributed by atoms with Gasteiger partial charge in [-0.25, -0.2) is 8.42 Å². The van der Waals surface area contributed by atoms with E-state index in [4.69, 9.17) is 0 Å². The topological polar surface area (TPSA) is 40.6 Å². The molecule has 1 aliphatic rings. The Bertz CT molecular complexity index is 655. The minimum Gasteiger partial charge on any atom is -0.300 e. The molecular weight excluding hydrogens is 404 g/mol. The van der Waals surface area contributed by atoms with Crippen molar-refractivity contribution in [2.24, 2.45) is 0 Å². The first-order chi connectivity index (χ1) is 15.1. The lowest BCUT2D eigenvalue weighted by Gasteiger charge is -2.34. The summed E-state index contributed by atoms with van der Waals surface area (Å²) in [6.07, 6.45) is 16.2. The quantitative estimate of drug-likeness (QED) is 0.278. The van der Waals surface area contributed by atoms with Gasteiger partial charge in [0, 0.05) is 32.7 Å². The molecule has 1 aromatic carbocycles. The van der Waals surface area contributed by atoms with E-state index in [1.54, 1.807) is 4.31 Å². The second-order valence-electron chi connectivity index (χ2n) is 9.18. The lowest BCUT2D eigenvalue weighted by Crippen LogP contribution is -2.49. The van der Waals surface area contributed by atoms with Crippen LogP contribution in [0.15, 0.2) is 30.3 Å². The third-order valence-electron chi connectivity index (χ3n) is 6.54. The maximum absolute atomic E-state index is 12.7.